The summed E-state index contributed by atoms with van der Waals surface area (Å²) in [5, 5.41) is 4.68. The van der Waals surface area contributed by atoms with E-state index in [1.807, 2.05) is 12.3 Å². The lowest BCUT2D eigenvalue weighted by Crippen LogP contribution is -2.36. The van der Waals surface area contributed by atoms with E-state index >= 15 is 0 Å². The molecule has 1 aromatic carbocycles. The lowest BCUT2D eigenvalue weighted by molar-refractivity contribution is 0.122. The van der Waals surface area contributed by atoms with Gasteiger partial charge in [-0.25, -0.2) is 15.0 Å². The van der Waals surface area contributed by atoms with E-state index < -0.39 is 0 Å². The lowest BCUT2D eigenvalue weighted by atomic mass is 10.0. The maximum absolute atomic E-state index is 5.51. The second-order valence-corrected chi connectivity index (χ2v) is 7.33. The van der Waals surface area contributed by atoms with Crippen LogP contribution in [0.2, 0.25) is 0 Å². The van der Waals surface area contributed by atoms with Gasteiger partial charge in [0, 0.05) is 55.0 Å². The number of rotatable bonds is 6. The molecule has 152 valence electrons. The van der Waals surface area contributed by atoms with E-state index in [-0.39, 0.29) is 0 Å². The molecule has 7 heteroatoms. The van der Waals surface area contributed by atoms with Crippen LogP contribution in [0.1, 0.15) is 11.3 Å². The summed E-state index contributed by atoms with van der Waals surface area (Å²) in [6.07, 6.45) is 5.32. The average Bonchev–Trinajstić information content (AvgIpc) is 3.30. The highest BCUT2D eigenvalue weighted by Crippen LogP contribution is 2.31. The molecule has 0 unspecified atom stereocenters. The van der Waals surface area contributed by atoms with Crippen LogP contribution in [0.25, 0.3) is 22.2 Å². The second kappa shape index (κ2) is 8.61. The molecule has 1 fully saturated rings. The Morgan fingerprint density at radius 3 is 2.83 bits per heavy atom. The molecule has 30 heavy (non-hydrogen) atoms. The fourth-order valence-electron chi connectivity index (χ4n) is 3.86. The van der Waals surface area contributed by atoms with Crippen LogP contribution in [0.15, 0.2) is 61.2 Å². The van der Waals surface area contributed by atoms with Crippen LogP contribution >= 0.6 is 0 Å². The minimum absolute atomic E-state index is 0.682. The van der Waals surface area contributed by atoms with Gasteiger partial charge in [-0.1, -0.05) is 18.2 Å². The molecule has 4 heterocycles. The lowest BCUT2D eigenvalue weighted by Gasteiger charge is -2.28. The molecular formula is C23H24N6O. The second-order valence-electron chi connectivity index (χ2n) is 7.33. The zero-order valence-corrected chi connectivity index (χ0v) is 16.7. The smallest absolute Gasteiger partial charge is 0.129 e. The molecule has 0 radical (unpaired) electrons. The predicted molar refractivity (Wildman–Crippen MR) is 117 cm³/mol. The Morgan fingerprint density at radius 2 is 1.97 bits per heavy atom. The maximum atomic E-state index is 5.51. The number of ether oxygens (including phenoxy) is 1. The van der Waals surface area contributed by atoms with Crippen molar-refractivity contribution in [3.63, 3.8) is 0 Å². The van der Waals surface area contributed by atoms with Gasteiger partial charge in [-0.15, -0.1) is 0 Å². The first-order valence-electron chi connectivity index (χ1n) is 10.2. The normalized spacial score (nSPS) is 14.3. The third-order valence-corrected chi connectivity index (χ3v) is 5.41. The zero-order chi connectivity index (χ0) is 20.2. The van der Waals surface area contributed by atoms with E-state index in [1.165, 1.54) is 5.39 Å². The monoisotopic (exact) mass is 400 g/mol. The number of benzene rings is 1. The van der Waals surface area contributed by atoms with Crippen LogP contribution in [0.5, 0.6) is 0 Å². The third kappa shape index (κ3) is 3.90. The molecule has 7 nitrogen and oxygen atoms in total. The molecule has 1 saturated heterocycles. The SMILES string of the molecule is c1cc(-c2nc(N3CCOCC3)ccc2CNCc2ccncn2)c2cc[nH]c2c1. The van der Waals surface area contributed by atoms with Crippen molar-refractivity contribution in [2.24, 2.45) is 0 Å². The molecule has 0 amide bonds. The number of aromatic nitrogens is 4. The number of morpholine rings is 1. The van der Waals surface area contributed by atoms with E-state index in [1.54, 1.807) is 12.5 Å². The number of pyridine rings is 1. The van der Waals surface area contributed by atoms with Gasteiger partial charge >= 0.3 is 0 Å². The molecule has 0 bridgehead atoms. The number of aromatic amines is 1. The number of hydrogen-bond acceptors (Lipinski definition) is 6. The van der Waals surface area contributed by atoms with Crippen molar-refractivity contribution >= 4 is 16.7 Å². The molecule has 4 aromatic rings. The van der Waals surface area contributed by atoms with Gasteiger partial charge in [0.1, 0.15) is 12.1 Å². The average molecular weight is 400 g/mol. The number of nitrogens with zero attached hydrogens (tertiary/aromatic N) is 4. The maximum Gasteiger partial charge on any atom is 0.129 e. The summed E-state index contributed by atoms with van der Waals surface area (Å²) in [5.74, 6) is 1.00. The van der Waals surface area contributed by atoms with Gasteiger partial charge < -0.3 is 19.9 Å². The highest BCUT2D eigenvalue weighted by molar-refractivity contribution is 5.95. The van der Waals surface area contributed by atoms with E-state index in [0.717, 1.165) is 60.2 Å². The van der Waals surface area contributed by atoms with E-state index in [2.05, 4.69) is 61.6 Å². The van der Waals surface area contributed by atoms with Crippen LogP contribution in [0, 0.1) is 0 Å². The Kier molecular flexibility index (Phi) is 5.37. The quantitative estimate of drug-likeness (QED) is 0.518. The number of H-pyrrole nitrogens is 1. The molecule has 1 aliphatic rings. The van der Waals surface area contributed by atoms with Gasteiger partial charge in [-0.05, 0) is 29.8 Å². The fraction of sp³-hybridized carbons (Fsp3) is 0.261. The molecule has 0 saturated carbocycles. The van der Waals surface area contributed by atoms with Gasteiger partial charge in [0.05, 0.1) is 24.6 Å². The molecule has 0 spiro atoms. The summed E-state index contributed by atoms with van der Waals surface area (Å²) in [4.78, 5) is 19.0. The number of nitrogens with one attached hydrogen (secondary N) is 2. The Hall–Kier alpha value is -3.29. The van der Waals surface area contributed by atoms with E-state index in [0.29, 0.717) is 13.1 Å². The molecule has 0 atom stereocenters. The van der Waals surface area contributed by atoms with Crippen molar-refractivity contribution in [2.45, 2.75) is 13.1 Å². The number of hydrogen-bond donors (Lipinski definition) is 2. The highest BCUT2D eigenvalue weighted by atomic mass is 16.5. The summed E-state index contributed by atoms with van der Waals surface area (Å²) in [7, 11) is 0. The third-order valence-electron chi connectivity index (χ3n) is 5.41. The largest absolute Gasteiger partial charge is 0.378 e. The van der Waals surface area contributed by atoms with E-state index in [9.17, 15) is 0 Å². The van der Waals surface area contributed by atoms with Gasteiger partial charge in [-0.2, -0.15) is 0 Å². The Morgan fingerprint density at radius 1 is 1.03 bits per heavy atom. The molecule has 1 aliphatic heterocycles. The molecule has 2 N–H and O–H groups in total. The van der Waals surface area contributed by atoms with Crippen molar-refractivity contribution in [3.05, 3.63) is 72.4 Å². The summed E-state index contributed by atoms with van der Waals surface area (Å²) >= 11 is 0. The number of fused-ring (bicyclic) bond motifs is 1. The fourth-order valence-corrected chi connectivity index (χ4v) is 3.86. The van der Waals surface area contributed by atoms with Gasteiger partial charge in [-0.3, -0.25) is 0 Å². The molecule has 0 aliphatic carbocycles. The highest BCUT2D eigenvalue weighted by Gasteiger charge is 2.17. The van der Waals surface area contributed by atoms with Gasteiger partial charge in [0.15, 0.2) is 0 Å². The van der Waals surface area contributed by atoms with Crippen molar-refractivity contribution in [1.82, 2.24) is 25.3 Å². The van der Waals surface area contributed by atoms with Crippen molar-refractivity contribution in [1.29, 1.82) is 0 Å². The standard InChI is InChI=1S/C23H24N6O/c1-2-20(19-7-9-26-21(19)3-1)23-17(14-25-15-18-6-8-24-16-27-18)4-5-22(28-23)29-10-12-30-13-11-29/h1-9,16,25-26H,10-15H2. The van der Waals surface area contributed by atoms with Gasteiger partial charge in [0.2, 0.25) is 0 Å². The Labute approximate surface area is 175 Å². The minimum Gasteiger partial charge on any atom is -0.378 e. The topological polar surface area (TPSA) is 79.0 Å². The summed E-state index contributed by atoms with van der Waals surface area (Å²) in [6.45, 7) is 4.61. The first-order chi connectivity index (χ1) is 14.9. The molecule has 5 rings (SSSR count). The first-order valence-corrected chi connectivity index (χ1v) is 10.2. The van der Waals surface area contributed by atoms with Crippen LogP contribution in [-0.4, -0.2) is 46.2 Å². The number of anilines is 1. The molecular weight excluding hydrogens is 376 g/mol. The van der Waals surface area contributed by atoms with Crippen LogP contribution in [0.4, 0.5) is 5.82 Å². The van der Waals surface area contributed by atoms with Gasteiger partial charge in [0.25, 0.3) is 0 Å². The Bertz CT molecular complexity index is 1120. The van der Waals surface area contributed by atoms with Crippen LogP contribution < -0.4 is 10.2 Å². The summed E-state index contributed by atoms with van der Waals surface area (Å²) in [5.41, 5.74) is 5.40. The predicted octanol–water partition coefficient (Wildman–Crippen LogP) is 3.15. The van der Waals surface area contributed by atoms with Crippen LogP contribution in [-0.2, 0) is 17.8 Å². The Balaban J connectivity index is 1.48. The van der Waals surface area contributed by atoms with Crippen LogP contribution in [0.3, 0.4) is 0 Å². The molecule has 3 aromatic heterocycles. The summed E-state index contributed by atoms with van der Waals surface area (Å²) < 4.78 is 5.51. The minimum atomic E-state index is 0.682. The van der Waals surface area contributed by atoms with Crippen molar-refractivity contribution < 1.29 is 4.74 Å². The van der Waals surface area contributed by atoms with Crippen molar-refractivity contribution in [2.75, 3.05) is 31.2 Å². The van der Waals surface area contributed by atoms with Crippen molar-refractivity contribution in [3.8, 4) is 11.3 Å². The zero-order valence-electron chi connectivity index (χ0n) is 16.7. The summed E-state index contributed by atoms with van der Waals surface area (Å²) in [6, 6.07) is 14.7. The first kappa shape index (κ1) is 18.7. The van der Waals surface area contributed by atoms with E-state index in [4.69, 9.17) is 9.72 Å².